The number of carboxylic acid groups (broad SMARTS) is 1. The second kappa shape index (κ2) is 3.93. The summed E-state index contributed by atoms with van der Waals surface area (Å²) in [6.07, 6.45) is -0.558. The molecule has 0 aliphatic carbocycles. The van der Waals surface area contributed by atoms with Gasteiger partial charge in [-0.15, -0.1) is 0 Å². The van der Waals surface area contributed by atoms with E-state index in [1.807, 2.05) is 0 Å². The van der Waals surface area contributed by atoms with Crippen LogP contribution in [-0.4, -0.2) is 46.5 Å². The van der Waals surface area contributed by atoms with Crippen molar-refractivity contribution in [2.45, 2.75) is 38.9 Å². The van der Waals surface area contributed by atoms with Crippen molar-refractivity contribution in [3.8, 4) is 0 Å². The number of nitrogens with zero attached hydrogens (tertiary/aromatic N) is 1. The second-order valence-electron chi connectivity index (χ2n) is 4.99. The largest absolute Gasteiger partial charge is 0.479 e. The summed E-state index contributed by atoms with van der Waals surface area (Å²) in [6.45, 7) is 6.61. The number of ether oxygens (including phenoxy) is 2. The zero-order valence-electron chi connectivity index (χ0n) is 9.94. The van der Waals surface area contributed by atoms with Crippen LogP contribution in [0.4, 0.5) is 4.79 Å². The van der Waals surface area contributed by atoms with E-state index >= 15 is 0 Å². The maximum atomic E-state index is 11.6. The van der Waals surface area contributed by atoms with Gasteiger partial charge in [0, 0.05) is 0 Å². The Morgan fingerprint density at radius 2 is 2.00 bits per heavy atom. The molecule has 1 atom stereocenters. The molecule has 6 nitrogen and oxygen atoms in total. The number of amides is 1. The first-order chi connectivity index (χ1) is 7.14. The molecule has 6 heteroatoms. The van der Waals surface area contributed by atoms with E-state index in [1.54, 1.807) is 20.8 Å². The monoisotopic (exact) mass is 231 g/mol. The summed E-state index contributed by atoms with van der Waals surface area (Å²) in [4.78, 5) is 23.7. The Kier molecular flexibility index (Phi) is 3.14. The molecule has 0 aromatic rings. The Bertz CT molecular complexity index is 309. The summed E-state index contributed by atoms with van der Waals surface area (Å²) in [7, 11) is 0. The van der Waals surface area contributed by atoms with Gasteiger partial charge in [0.15, 0.2) is 5.60 Å². The molecule has 92 valence electrons. The fourth-order valence-corrected chi connectivity index (χ4v) is 1.25. The molecular formula is C10H17NO5. The van der Waals surface area contributed by atoms with Gasteiger partial charge in [0.2, 0.25) is 0 Å². The van der Waals surface area contributed by atoms with Crippen molar-refractivity contribution >= 4 is 12.1 Å². The van der Waals surface area contributed by atoms with Gasteiger partial charge in [-0.05, 0) is 27.7 Å². The number of rotatable bonds is 1. The molecule has 1 N–H and O–H groups in total. The van der Waals surface area contributed by atoms with Crippen LogP contribution >= 0.6 is 0 Å². The number of carbonyl (C=O) groups excluding carboxylic acids is 1. The van der Waals surface area contributed by atoms with Gasteiger partial charge in [-0.1, -0.05) is 0 Å². The van der Waals surface area contributed by atoms with Crippen LogP contribution < -0.4 is 0 Å². The number of hydrogen-bond acceptors (Lipinski definition) is 4. The minimum absolute atomic E-state index is 0.00273. The quantitative estimate of drug-likeness (QED) is 0.730. The molecule has 0 radical (unpaired) electrons. The lowest BCUT2D eigenvalue weighted by Gasteiger charge is -2.23. The fourth-order valence-electron chi connectivity index (χ4n) is 1.25. The lowest BCUT2D eigenvalue weighted by Crippen LogP contribution is -2.42. The van der Waals surface area contributed by atoms with Crippen molar-refractivity contribution in [3.05, 3.63) is 0 Å². The van der Waals surface area contributed by atoms with Crippen molar-refractivity contribution in [1.82, 2.24) is 4.90 Å². The van der Waals surface area contributed by atoms with Crippen molar-refractivity contribution in [1.29, 1.82) is 0 Å². The van der Waals surface area contributed by atoms with E-state index in [9.17, 15) is 9.59 Å². The molecule has 1 aliphatic heterocycles. The first-order valence-electron chi connectivity index (χ1n) is 4.99. The lowest BCUT2D eigenvalue weighted by atomic mass is 10.1. The van der Waals surface area contributed by atoms with Gasteiger partial charge in [0.25, 0.3) is 0 Å². The van der Waals surface area contributed by atoms with Gasteiger partial charge in [-0.2, -0.15) is 0 Å². The third-order valence-electron chi connectivity index (χ3n) is 2.14. The summed E-state index contributed by atoms with van der Waals surface area (Å²) < 4.78 is 10.2. The average Bonchev–Trinajstić information content (AvgIpc) is 2.46. The molecule has 1 amide bonds. The van der Waals surface area contributed by atoms with Gasteiger partial charge in [0.1, 0.15) is 12.3 Å². The summed E-state index contributed by atoms with van der Waals surface area (Å²) in [6, 6.07) is 0. The molecule has 0 aromatic heterocycles. The topological polar surface area (TPSA) is 76.1 Å². The van der Waals surface area contributed by atoms with E-state index in [0.29, 0.717) is 0 Å². The van der Waals surface area contributed by atoms with Crippen LogP contribution in [0.15, 0.2) is 0 Å². The molecular weight excluding hydrogens is 214 g/mol. The molecule has 0 bridgehead atoms. The number of carboxylic acids is 1. The minimum Gasteiger partial charge on any atom is -0.479 e. The van der Waals surface area contributed by atoms with Crippen LogP contribution in [0, 0.1) is 0 Å². The Morgan fingerprint density at radius 3 is 2.38 bits per heavy atom. The molecule has 1 unspecified atom stereocenters. The third kappa shape index (κ3) is 2.85. The minimum atomic E-state index is -1.34. The van der Waals surface area contributed by atoms with Crippen LogP contribution in [0.25, 0.3) is 0 Å². The van der Waals surface area contributed by atoms with Crippen LogP contribution in [0.2, 0.25) is 0 Å². The van der Waals surface area contributed by atoms with Crippen LogP contribution in [0.5, 0.6) is 0 Å². The second-order valence-corrected chi connectivity index (χ2v) is 4.99. The van der Waals surface area contributed by atoms with E-state index in [-0.39, 0.29) is 13.3 Å². The molecule has 16 heavy (non-hydrogen) atoms. The predicted octanol–water partition coefficient (Wildman–Crippen LogP) is 1.05. The van der Waals surface area contributed by atoms with E-state index in [0.717, 1.165) is 0 Å². The van der Waals surface area contributed by atoms with Crippen molar-refractivity contribution in [2.75, 3.05) is 13.3 Å². The average molecular weight is 231 g/mol. The fraction of sp³-hybridized carbons (Fsp3) is 0.800. The highest BCUT2D eigenvalue weighted by Gasteiger charge is 2.44. The normalized spacial score (nSPS) is 25.6. The Hall–Kier alpha value is -1.30. The van der Waals surface area contributed by atoms with Crippen molar-refractivity contribution < 1.29 is 24.2 Å². The van der Waals surface area contributed by atoms with E-state index in [2.05, 4.69) is 0 Å². The van der Waals surface area contributed by atoms with E-state index in [1.165, 1.54) is 11.8 Å². The molecule has 1 rings (SSSR count). The van der Waals surface area contributed by atoms with Crippen molar-refractivity contribution in [2.24, 2.45) is 0 Å². The first-order valence-corrected chi connectivity index (χ1v) is 4.99. The first kappa shape index (κ1) is 12.8. The molecule has 1 fully saturated rings. The van der Waals surface area contributed by atoms with E-state index in [4.69, 9.17) is 14.6 Å². The molecule has 0 aromatic carbocycles. The zero-order valence-corrected chi connectivity index (χ0v) is 9.94. The molecule has 1 heterocycles. The van der Waals surface area contributed by atoms with Gasteiger partial charge in [-0.25, -0.2) is 9.59 Å². The summed E-state index contributed by atoms with van der Waals surface area (Å²) in [5.41, 5.74) is -1.93. The molecule has 0 saturated carbocycles. The number of hydrogen-bond donors (Lipinski definition) is 1. The van der Waals surface area contributed by atoms with Gasteiger partial charge < -0.3 is 14.6 Å². The summed E-state index contributed by atoms with van der Waals surface area (Å²) >= 11 is 0. The molecule has 0 spiro atoms. The third-order valence-corrected chi connectivity index (χ3v) is 2.14. The summed E-state index contributed by atoms with van der Waals surface area (Å²) in [5.74, 6) is -1.08. The predicted molar refractivity (Wildman–Crippen MR) is 54.9 cm³/mol. The van der Waals surface area contributed by atoms with Crippen LogP contribution in [-0.2, 0) is 14.3 Å². The van der Waals surface area contributed by atoms with Crippen LogP contribution in [0.3, 0.4) is 0 Å². The Balaban J connectivity index is 2.60. The lowest BCUT2D eigenvalue weighted by molar-refractivity contribution is -0.156. The molecule has 1 aliphatic rings. The number of carbonyl (C=O) groups is 2. The Labute approximate surface area is 94.1 Å². The highest BCUT2D eigenvalue weighted by Crippen LogP contribution is 2.22. The zero-order chi connectivity index (χ0) is 12.6. The SMILES string of the molecule is CC(C)(C)OC(=O)N1COC(C)(C(=O)O)C1. The van der Waals surface area contributed by atoms with Gasteiger partial charge in [-0.3, -0.25) is 4.90 Å². The maximum Gasteiger partial charge on any atom is 0.412 e. The highest BCUT2D eigenvalue weighted by molar-refractivity contribution is 5.79. The smallest absolute Gasteiger partial charge is 0.412 e. The van der Waals surface area contributed by atoms with Crippen LogP contribution in [0.1, 0.15) is 27.7 Å². The van der Waals surface area contributed by atoms with E-state index < -0.39 is 23.3 Å². The maximum absolute atomic E-state index is 11.6. The molecule has 1 saturated heterocycles. The van der Waals surface area contributed by atoms with Gasteiger partial charge >= 0.3 is 12.1 Å². The van der Waals surface area contributed by atoms with Gasteiger partial charge in [0.05, 0.1) is 6.54 Å². The standard InChI is InChI=1S/C10H17NO5/c1-9(2,3)16-8(14)11-5-10(4,7(12)13)15-6-11/h5-6H2,1-4H3,(H,12,13). The Morgan fingerprint density at radius 1 is 1.44 bits per heavy atom. The number of aliphatic carboxylic acids is 1. The van der Waals surface area contributed by atoms with Crippen molar-refractivity contribution in [3.63, 3.8) is 0 Å². The summed E-state index contributed by atoms with van der Waals surface area (Å²) in [5, 5.41) is 8.90. The highest BCUT2D eigenvalue weighted by atomic mass is 16.6.